The van der Waals surface area contributed by atoms with Crippen molar-refractivity contribution in [3.05, 3.63) is 42.0 Å². The molecule has 0 radical (unpaired) electrons. The summed E-state index contributed by atoms with van der Waals surface area (Å²) in [6.45, 7) is 0. The molecule has 1 saturated heterocycles. The molecule has 0 amide bonds. The lowest BCUT2D eigenvalue weighted by Gasteiger charge is -2.14. The molecule has 0 spiro atoms. The largest absolute Gasteiger partial charge is 0.454 e. The minimum atomic E-state index is -0.807. The van der Waals surface area contributed by atoms with Crippen LogP contribution in [0.25, 0.3) is 11.1 Å². The molecule has 0 aliphatic carbocycles. The summed E-state index contributed by atoms with van der Waals surface area (Å²) in [6, 6.07) is 9.85. The van der Waals surface area contributed by atoms with Gasteiger partial charge in [0, 0.05) is 11.8 Å². The van der Waals surface area contributed by atoms with Crippen LogP contribution in [-0.2, 0) is 4.74 Å². The highest BCUT2D eigenvalue weighted by Gasteiger charge is 2.50. The van der Waals surface area contributed by atoms with Crippen molar-refractivity contribution in [2.75, 3.05) is 5.88 Å². The molecule has 0 unspecified atom stereocenters. The number of aliphatic hydroxyl groups excluding tert-OH is 1. The molecule has 4 atom stereocenters. The second-order valence-corrected chi connectivity index (χ2v) is 5.66. The first-order valence-electron chi connectivity index (χ1n) is 6.98. The smallest absolute Gasteiger partial charge is 0.301 e. The number of aliphatic hydroxyl groups is 1. The van der Waals surface area contributed by atoms with E-state index in [1.54, 1.807) is 10.8 Å². The Morgan fingerprint density at radius 1 is 1.32 bits per heavy atom. The molecule has 1 fully saturated rings. The van der Waals surface area contributed by atoms with Crippen molar-refractivity contribution in [3.63, 3.8) is 0 Å². The number of alkyl halides is 1. The zero-order valence-electron chi connectivity index (χ0n) is 11.5. The highest BCUT2D eigenvalue weighted by atomic mass is 35.5. The summed E-state index contributed by atoms with van der Waals surface area (Å²) >= 11 is 5.80. The van der Waals surface area contributed by atoms with Crippen molar-refractivity contribution in [1.82, 2.24) is 9.55 Å². The Morgan fingerprint density at radius 3 is 2.82 bits per heavy atom. The van der Waals surface area contributed by atoms with Gasteiger partial charge in [-0.25, -0.2) is 0 Å². The summed E-state index contributed by atoms with van der Waals surface area (Å²) in [6.07, 6.45) is -0.494. The fourth-order valence-electron chi connectivity index (χ4n) is 2.89. The van der Waals surface area contributed by atoms with Gasteiger partial charge in [0.25, 0.3) is 0 Å². The van der Waals surface area contributed by atoms with E-state index in [1.807, 2.05) is 30.3 Å². The number of hydrogen-bond donors (Lipinski definition) is 2. The molecule has 1 aromatic heterocycles. The van der Waals surface area contributed by atoms with Crippen molar-refractivity contribution < 1.29 is 14.6 Å². The Labute approximate surface area is 131 Å². The molecule has 6 nitrogen and oxygen atoms in total. The highest BCUT2D eigenvalue weighted by molar-refractivity contribution is 6.18. The molecule has 3 heterocycles. The van der Waals surface area contributed by atoms with Gasteiger partial charge in [-0.15, -0.1) is 11.6 Å². The number of ether oxygens (including phenoxy) is 2. The van der Waals surface area contributed by atoms with Gasteiger partial charge in [-0.3, -0.25) is 9.98 Å². The van der Waals surface area contributed by atoms with E-state index in [1.165, 1.54) is 0 Å². The van der Waals surface area contributed by atoms with Crippen LogP contribution in [0.3, 0.4) is 0 Å². The molecule has 7 heteroatoms. The molecule has 2 aromatic rings. The van der Waals surface area contributed by atoms with Gasteiger partial charge < -0.3 is 14.6 Å². The maximum absolute atomic E-state index is 10.2. The monoisotopic (exact) mass is 319 g/mol. The van der Waals surface area contributed by atoms with Gasteiger partial charge in [0.05, 0.1) is 5.88 Å². The third-order valence-electron chi connectivity index (χ3n) is 4.02. The van der Waals surface area contributed by atoms with Crippen LogP contribution in [0.4, 0.5) is 0 Å². The molecular weight excluding hydrogens is 306 g/mol. The van der Waals surface area contributed by atoms with Gasteiger partial charge >= 0.3 is 6.01 Å². The number of hydrogen-bond acceptors (Lipinski definition) is 5. The third kappa shape index (κ3) is 1.95. The Balaban J connectivity index is 1.79. The normalized spacial score (nSPS) is 29.0. The molecule has 0 bridgehead atoms. The van der Waals surface area contributed by atoms with Gasteiger partial charge in [-0.1, -0.05) is 30.3 Å². The van der Waals surface area contributed by atoms with Gasteiger partial charge in [-0.2, -0.15) is 4.98 Å². The van der Waals surface area contributed by atoms with E-state index in [-0.39, 0.29) is 17.4 Å². The van der Waals surface area contributed by atoms with E-state index < -0.39 is 24.5 Å². The average Bonchev–Trinajstić information content (AvgIpc) is 3.03. The Bertz CT molecular complexity index is 764. The van der Waals surface area contributed by atoms with Crippen LogP contribution in [0, 0.1) is 5.41 Å². The fourth-order valence-corrected chi connectivity index (χ4v) is 3.14. The molecule has 2 N–H and O–H groups in total. The summed E-state index contributed by atoms with van der Waals surface area (Å²) in [5.74, 6) is 0.197. The number of rotatable bonds is 2. The first-order chi connectivity index (χ1) is 10.7. The summed E-state index contributed by atoms with van der Waals surface area (Å²) in [7, 11) is 0. The van der Waals surface area contributed by atoms with Crippen LogP contribution in [0.5, 0.6) is 6.01 Å². The molecule has 114 valence electrons. The molecule has 0 saturated carbocycles. The summed E-state index contributed by atoms with van der Waals surface area (Å²) < 4.78 is 13.1. The van der Waals surface area contributed by atoms with Crippen molar-refractivity contribution in [3.8, 4) is 17.1 Å². The Hall–Kier alpha value is -1.89. The van der Waals surface area contributed by atoms with Gasteiger partial charge in [0.15, 0.2) is 17.8 Å². The quantitative estimate of drug-likeness (QED) is 0.817. The van der Waals surface area contributed by atoms with E-state index in [2.05, 4.69) is 4.98 Å². The standard InChI is InChI=1S/C15H14ClN3O3/c16-6-10-11(20)12-14(21-10)19-7-9(8-4-2-1-3-5-8)13(17)18-15(19)22-12/h1-5,7,10-12,14,17,20H,6H2/t10-,11-,12+,14-/m1/s1. The second kappa shape index (κ2) is 5.08. The van der Waals surface area contributed by atoms with Crippen LogP contribution in [0.2, 0.25) is 0 Å². The SMILES string of the molecule is N=c1nc2n(cc1-c1ccccc1)[C@@H]1O[C@H](CCl)[C@@H](O)[C@@H]1O2. The van der Waals surface area contributed by atoms with E-state index in [0.717, 1.165) is 5.56 Å². The molecular formula is C15H14ClN3O3. The van der Waals surface area contributed by atoms with Crippen LogP contribution in [0.1, 0.15) is 6.23 Å². The van der Waals surface area contributed by atoms with Crippen molar-refractivity contribution in [1.29, 1.82) is 5.41 Å². The van der Waals surface area contributed by atoms with Crippen molar-refractivity contribution in [2.24, 2.45) is 0 Å². The Morgan fingerprint density at radius 2 is 2.09 bits per heavy atom. The summed E-state index contributed by atoms with van der Waals surface area (Å²) in [5, 5.41) is 18.2. The minimum Gasteiger partial charge on any atom is -0.454 e. The van der Waals surface area contributed by atoms with Crippen molar-refractivity contribution >= 4 is 11.6 Å². The third-order valence-corrected chi connectivity index (χ3v) is 4.32. The lowest BCUT2D eigenvalue weighted by molar-refractivity contribution is -0.00460. The lowest BCUT2D eigenvalue weighted by atomic mass is 10.1. The van der Waals surface area contributed by atoms with E-state index >= 15 is 0 Å². The number of nitrogens with zero attached hydrogens (tertiary/aromatic N) is 2. The minimum absolute atomic E-state index is 0.126. The van der Waals surface area contributed by atoms with Gasteiger partial charge in [0.1, 0.15) is 12.2 Å². The second-order valence-electron chi connectivity index (χ2n) is 5.35. The predicted octanol–water partition coefficient (Wildman–Crippen LogP) is 1.29. The van der Waals surface area contributed by atoms with Gasteiger partial charge in [0.2, 0.25) is 0 Å². The number of halogens is 1. The van der Waals surface area contributed by atoms with E-state index in [4.69, 9.17) is 26.5 Å². The van der Waals surface area contributed by atoms with E-state index in [9.17, 15) is 5.11 Å². The van der Waals surface area contributed by atoms with Crippen molar-refractivity contribution in [2.45, 2.75) is 24.5 Å². The molecule has 1 aromatic carbocycles. The number of nitrogens with one attached hydrogen (secondary N) is 1. The predicted molar refractivity (Wildman–Crippen MR) is 78.6 cm³/mol. The molecule has 2 aliphatic heterocycles. The summed E-state index contributed by atoms with van der Waals surface area (Å²) in [5.41, 5.74) is 1.70. The molecule has 2 aliphatic rings. The topological polar surface area (TPSA) is 80.4 Å². The number of fused-ring (bicyclic) bond motifs is 3. The Kier molecular flexibility index (Phi) is 3.18. The lowest BCUT2D eigenvalue weighted by Crippen LogP contribution is -2.34. The first kappa shape index (κ1) is 13.8. The van der Waals surface area contributed by atoms with Crippen LogP contribution in [0.15, 0.2) is 36.5 Å². The highest BCUT2D eigenvalue weighted by Crippen LogP contribution is 2.39. The maximum atomic E-state index is 10.2. The van der Waals surface area contributed by atoms with Crippen LogP contribution >= 0.6 is 11.6 Å². The molecule has 22 heavy (non-hydrogen) atoms. The van der Waals surface area contributed by atoms with E-state index in [0.29, 0.717) is 5.56 Å². The molecule has 4 rings (SSSR count). The first-order valence-corrected chi connectivity index (χ1v) is 7.52. The number of benzene rings is 1. The average molecular weight is 320 g/mol. The number of aromatic nitrogens is 2. The maximum Gasteiger partial charge on any atom is 0.301 e. The van der Waals surface area contributed by atoms with Crippen LogP contribution < -0.4 is 10.2 Å². The fraction of sp³-hybridized carbons (Fsp3) is 0.333. The van der Waals surface area contributed by atoms with Crippen LogP contribution in [-0.4, -0.2) is 38.8 Å². The van der Waals surface area contributed by atoms with Gasteiger partial charge in [-0.05, 0) is 5.56 Å². The summed E-state index contributed by atoms with van der Waals surface area (Å²) in [4.78, 5) is 4.18. The zero-order valence-corrected chi connectivity index (χ0v) is 12.3. The zero-order chi connectivity index (χ0) is 15.3.